The van der Waals surface area contributed by atoms with Crippen LogP contribution in [0.4, 0.5) is 0 Å². The first-order valence-electron chi connectivity index (χ1n) is 5.07. The molecule has 0 aromatic carbocycles. The normalized spacial score (nSPS) is 32.8. The minimum atomic E-state index is 0.424. The molecule has 1 aliphatic carbocycles. The lowest BCUT2D eigenvalue weighted by Gasteiger charge is -2.31. The van der Waals surface area contributed by atoms with Gasteiger partial charge in [0.15, 0.2) is 0 Å². The monoisotopic (exact) mass is 169 g/mol. The Morgan fingerprint density at radius 2 is 2.25 bits per heavy atom. The summed E-state index contributed by atoms with van der Waals surface area (Å²) in [4.78, 5) is 0. The second-order valence-electron chi connectivity index (χ2n) is 4.72. The molecule has 2 rings (SSSR count). The first-order chi connectivity index (χ1) is 5.70. The van der Waals surface area contributed by atoms with Crippen molar-refractivity contribution < 1.29 is 4.74 Å². The molecule has 70 valence electrons. The van der Waals surface area contributed by atoms with Gasteiger partial charge in [-0.15, -0.1) is 0 Å². The van der Waals surface area contributed by atoms with Crippen LogP contribution >= 0.6 is 0 Å². The van der Waals surface area contributed by atoms with Crippen LogP contribution in [0.1, 0.15) is 33.1 Å². The average molecular weight is 169 g/mol. The predicted octanol–water partition coefficient (Wildman–Crippen LogP) is 1.55. The van der Waals surface area contributed by atoms with Gasteiger partial charge in [-0.1, -0.05) is 13.8 Å². The second kappa shape index (κ2) is 3.00. The second-order valence-corrected chi connectivity index (χ2v) is 4.72. The topological polar surface area (TPSA) is 21.3 Å². The van der Waals surface area contributed by atoms with Crippen molar-refractivity contribution in [3.63, 3.8) is 0 Å². The van der Waals surface area contributed by atoms with E-state index in [1.165, 1.54) is 19.3 Å². The SMILES string of the molecule is CC(C)CC1CNC2(CC2)CO1. The van der Waals surface area contributed by atoms with Crippen molar-refractivity contribution in [1.29, 1.82) is 0 Å². The summed E-state index contributed by atoms with van der Waals surface area (Å²) < 4.78 is 5.80. The Labute approximate surface area is 74.7 Å². The average Bonchev–Trinajstić information content (AvgIpc) is 2.75. The van der Waals surface area contributed by atoms with Crippen molar-refractivity contribution in [2.75, 3.05) is 13.2 Å². The summed E-state index contributed by atoms with van der Waals surface area (Å²) in [6.45, 7) is 6.53. The van der Waals surface area contributed by atoms with Crippen molar-refractivity contribution in [3.05, 3.63) is 0 Å². The van der Waals surface area contributed by atoms with Gasteiger partial charge >= 0.3 is 0 Å². The summed E-state index contributed by atoms with van der Waals surface area (Å²) >= 11 is 0. The molecule has 1 atom stereocenters. The lowest BCUT2D eigenvalue weighted by atomic mass is 10.0. The standard InChI is InChI=1S/C10H19NO/c1-8(2)5-9-6-11-10(3-4-10)7-12-9/h8-9,11H,3-7H2,1-2H3. The minimum absolute atomic E-state index is 0.424. The fourth-order valence-electron chi connectivity index (χ4n) is 1.87. The van der Waals surface area contributed by atoms with E-state index >= 15 is 0 Å². The van der Waals surface area contributed by atoms with Gasteiger partial charge < -0.3 is 10.1 Å². The van der Waals surface area contributed by atoms with Gasteiger partial charge in [-0.3, -0.25) is 0 Å². The third-order valence-corrected chi connectivity index (χ3v) is 2.89. The summed E-state index contributed by atoms with van der Waals surface area (Å²) in [5.41, 5.74) is 0.424. The van der Waals surface area contributed by atoms with E-state index in [2.05, 4.69) is 19.2 Å². The largest absolute Gasteiger partial charge is 0.375 e. The van der Waals surface area contributed by atoms with Crippen molar-refractivity contribution in [3.8, 4) is 0 Å². The molecule has 2 heteroatoms. The van der Waals surface area contributed by atoms with E-state index < -0.39 is 0 Å². The molecule has 2 aliphatic rings. The summed E-state index contributed by atoms with van der Waals surface area (Å²) in [5.74, 6) is 0.755. The number of hydrogen-bond acceptors (Lipinski definition) is 2. The molecule has 2 nitrogen and oxygen atoms in total. The maximum absolute atomic E-state index is 5.80. The summed E-state index contributed by atoms with van der Waals surface area (Å²) in [5, 5.41) is 3.60. The van der Waals surface area contributed by atoms with Crippen LogP contribution in [-0.4, -0.2) is 24.8 Å². The molecule has 1 spiro atoms. The zero-order valence-corrected chi connectivity index (χ0v) is 8.10. The minimum Gasteiger partial charge on any atom is -0.375 e. The van der Waals surface area contributed by atoms with Gasteiger partial charge in [0.2, 0.25) is 0 Å². The van der Waals surface area contributed by atoms with E-state index in [0.29, 0.717) is 11.6 Å². The smallest absolute Gasteiger partial charge is 0.0703 e. The van der Waals surface area contributed by atoms with Crippen molar-refractivity contribution in [2.45, 2.75) is 44.8 Å². The Balaban J connectivity index is 1.74. The van der Waals surface area contributed by atoms with Gasteiger partial charge in [-0.2, -0.15) is 0 Å². The molecule has 0 aromatic rings. The Kier molecular flexibility index (Phi) is 2.13. The molecule has 1 saturated heterocycles. The van der Waals surface area contributed by atoms with E-state index in [-0.39, 0.29) is 0 Å². The molecule has 1 aliphatic heterocycles. The van der Waals surface area contributed by atoms with Crippen LogP contribution in [0, 0.1) is 5.92 Å². The Bertz CT molecular complexity index is 153. The molecule has 1 saturated carbocycles. The first-order valence-corrected chi connectivity index (χ1v) is 5.07. The van der Waals surface area contributed by atoms with Gasteiger partial charge in [0, 0.05) is 12.1 Å². The van der Waals surface area contributed by atoms with Crippen LogP contribution < -0.4 is 5.32 Å². The summed E-state index contributed by atoms with van der Waals surface area (Å²) in [6, 6.07) is 0. The summed E-state index contributed by atoms with van der Waals surface area (Å²) in [6.07, 6.45) is 4.31. The van der Waals surface area contributed by atoms with Gasteiger partial charge in [0.25, 0.3) is 0 Å². The molecule has 1 unspecified atom stereocenters. The highest BCUT2D eigenvalue weighted by molar-refractivity contribution is 5.04. The van der Waals surface area contributed by atoms with Gasteiger partial charge in [0.1, 0.15) is 0 Å². The van der Waals surface area contributed by atoms with Crippen LogP contribution in [0.2, 0.25) is 0 Å². The van der Waals surface area contributed by atoms with Crippen LogP contribution in [0.25, 0.3) is 0 Å². The quantitative estimate of drug-likeness (QED) is 0.677. The highest BCUT2D eigenvalue weighted by atomic mass is 16.5. The number of ether oxygens (including phenoxy) is 1. The molecule has 1 heterocycles. The molecule has 0 bridgehead atoms. The van der Waals surface area contributed by atoms with Gasteiger partial charge in [-0.25, -0.2) is 0 Å². The lowest BCUT2D eigenvalue weighted by Crippen LogP contribution is -2.48. The molecule has 0 aromatic heterocycles. The van der Waals surface area contributed by atoms with E-state index in [1.807, 2.05) is 0 Å². The fraction of sp³-hybridized carbons (Fsp3) is 1.00. The van der Waals surface area contributed by atoms with Gasteiger partial charge in [0.05, 0.1) is 12.7 Å². The van der Waals surface area contributed by atoms with Crippen LogP contribution in [-0.2, 0) is 4.74 Å². The molecule has 1 N–H and O–H groups in total. The van der Waals surface area contributed by atoms with Crippen molar-refractivity contribution in [2.24, 2.45) is 5.92 Å². The highest BCUT2D eigenvalue weighted by Crippen LogP contribution is 2.38. The number of nitrogens with one attached hydrogen (secondary N) is 1. The van der Waals surface area contributed by atoms with Gasteiger partial charge in [-0.05, 0) is 25.2 Å². The van der Waals surface area contributed by atoms with Crippen molar-refractivity contribution >= 4 is 0 Å². The molecular formula is C10H19NO. The molecule has 0 radical (unpaired) electrons. The van der Waals surface area contributed by atoms with Crippen molar-refractivity contribution in [1.82, 2.24) is 5.32 Å². The zero-order valence-electron chi connectivity index (χ0n) is 8.10. The number of hydrogen-bond donors (Lipinski definition) is 1. The maximum Gasteiger partial charge on any atom is 0.0703 e. The highest BCUT2D eigenvalue weighted by Gasteiger charge is 2.45. The molecule has 0 amide bonds. The van der Waals surface area contributed by atoms with E-state index in [0.717, 1.165) is 19.1 Å². The third kappa shape index (κ3) is 1.80. The Hall–Kier alpha value is -0.0800. The van der Waals surface area contributed by atoms with E-state index in [4.69, 9.17) is 4.74 Å². The lowest BCUT2D eigenvalue weighted by molar-refractivity contribution is -0.0132. The Morgan fingerprint density at radius 3 is 2.67 bits per heavy atom. The zero-order chi connectivity index (χ0) is 8.60. The number of morpholine rings is 1. The number of rotatable bonds is 2. The third-order valence-electron chi connectivity index (χ3n) is 2.89. The molecule has 12 heavy (non-hydrogen) atoms. The van der Waals surface area contributed by atoms with Crippen LogP contribution in [0.3, 0.4) is 0 Å². The van der Waals surface area contributed by atoms with Crippen LogP contribution in [0.5, 0.6) is 0 Å². The predicted molar refractivity (Wildman–Crippen MR) is 49.2 cm³/mol. The maximum atomic E-state index is 5.80. The van der Waals surface area contributed by atoms with Crippen LogP contribution in [0.15, 0.2) is 0 Å². The Morgan fingerprint density at radius 1 is 1.50 bits per heavy atom. The molecule has 2 fully saturated rings. The van der Waals surface area contributed by atoms with E-state index in [1.54, 1.807) is 0 Å². The fourth-order valence-corrected chi connectivity index (χ4v) is 1.87. The first kappa shape index (κ1) is 8.52. The molecular weight excluding hydrogens is 150 g/mol. The van der Waals surface area contributed by atoms with E-state index in [9.17, 15) is 0 Å². The summed E-state index contributed by atoms with van der Waals surface area (Å²) in [7, 11) is 0.